The van der Waals surface area contributed by atoms with E-state index in [1.807, 2.05) is 11.3 Å². The Labute approximate surface area is 518 Å². The quantitative estimate of drug-likeness (QED) is 0.161. The van der Waals surface area contributed by atoms with Crippen LogP contribution in [0.15, 0.2) is 179 Å². The summed E-state index contributed by atoms with van der Waals surface area (Å²) < 4.78 is 17.2. The monoisotopic (exact) mass is 1160 g/mol. The van der Waals surface area contributed by atoms with E-state index in [-0.39, 0.29) is 39.3 Å². The zero-order valence-corrected chi connectivity index (χ0v) is 54.5. The second kappa shape index (κ2) is 18.8. The van der Waals surface area contributed by atoms with Gasteiger partial charge in [0.05, 0.1) is 11.4 Å². The van der Waals surface area contributed by atoms with Gasteiger partial charge in [-0.25, -0.2) is 0 Å². The zero-order chi connectivity index (χ0) is 60.8. The topological polar surface area (TPSA) is 36.0 Å². The number of nitrogens with zero attached hydrogens (tertiary/aromatic N) is 3. The lowest BCUT2D eigenvalue weighted by molar-refractivity contribution is 0.332. The van der Waals surface area contributed by atoms with Crippen LogP contribution in [0.2, 0.25) is 0 Å². The molecule has 0 fully saturated rings. The van der Waals surface area contributed by atoms with Gasteiger partial charge < -0.3 is 23.4 Å². The number of fused-ring (bicyclic) bond motifs is 14. The standard InChI is InChI=1S/C80H80BN3O2S/c1-75(2,3)47-21-29-51(30-22-47)82(52-31-23-48(24-32-52)76(4,5)6)55-37-38-67-58(41-55)59-42-57-60-43-61-56-19-17-18-20-66(56)86-73(61)72-70(60)81(84(65(57)46-68(59)85-67)54-35-27-50(28-36-54)78(10,11)12)74-71(83(72)53-33-25-49(26-34-53)77(7,8)9)62-44-63-64(45-69(62)87-74)80(15,16)40-39-79(63,13)14/h17-38,41-46H,39-40H2,1-16H3. The lowest BCUT2D eigenvalue weighted by Gasteiger charge is -2.44. The van der Waals surface area contributed by atoms with Crippen molar-refractivity contribution in [3.63, 3.8) is 0 Å². The SMILES string of the molecule is CC(C)(C)c1ccc(N2B3c4sc5cc6c(cc5c4N(c4ccc(C(C)(C)C)cc4)c4c3c(cc3c4oc4ccccc43)-c3cc4c(cc32)oc2ccc(N(c3ccc(C(C)(C)C)cc3)c3ccc(C(C)(C)C)cc3)cc24)C(C)(C)CCC6(C)C)cc1. The van der Waals surface area contributed by atoms with Crippen LogP contribution in [0.5, 0.6) is 0 Å². The predicted molar refractivity (Wildman–Crippen MR) is 375 cm³/mol. The first kappa shape index (κ1) is 55.6. The number of hydrogen-bond acceptors (Lipinski definition) is 6. The Morgan fingerprint density at radius 1 is 0.437 bits per heavy atom. The number of hydrogen-bond donors (Lipinski definition) is 0. The highest BCUT2D eigenvalue weighted by Gasteiger charge is 2.50. The van der Waals surface area contributed by atoms with Gasteiger partial charge in [-0.1, -0.05) is 178 Å². The van der Waals surface area contributed by atoms with Gasteiger partial charge in [-0.2, -0.15) is 0 Å². The molecule has 1 aliphatic carbocycles. The molecule has 0 amide bonds. The van der Waals surface area contributed by atoms with Crippen molar-refractivity contribution >= 4 is 128 Å². The van der Waals surface area contributed by atoms with Gasteiger partial charge in [-0.05, 0) is 187 Å². The summed E-state index contributed by atoms with van der Waals surface area (Å²) in [7, 11) is 0. The third-order valence-corrected chi connectivity index (χ3v) is 21.1. The normalized spacial score (nSPS) is 15.6. The molecule has 5 heterocycles. The first-order valence-electron chi connectivity index (χ1n) is 31.5. The van der Waals surface area contributed by atoms with Crippen molar-refractivity contribution in [2.24, 2.45) is 0 Å². The average Bonchev–Trinajstić information content (AvgIpc) is 1.64. The Morgan fingerprint density at radius 3 is 1.51 bits per heavy atom. The van der Waals surface area contributed by atoms with Crippen LogP contribution in [0.4, 0.5) is 45.5 Å². The molecule has 0 bridgehead atoms. The van der Waals surface area contributed by atoms with Gasteiger partial charge in [0.25, 0.3) is 0 Å². The lowest BCUT2D eigenvalue weighted by atomic mass is 9.46. The summed E-state index contributed by atoms with van der Waals surface area (Å²) >= 11 is 1.98. The zero-order valence-electron chi connectivity index (χ0n) is 53.7. The molecule has 3 aliphatic rings. The molecule has 87 heavy (non-hydrogen) atoms. The molecule has 0 atom stereocenters. The van der Waals surface area contributed by atoms with E-state index >= 15 is 0 Å². The van der Waals surface area contributed by atoms with E-state index in [1.54, 1.807) is 0 Å². The Balaban J connectivity index is 1.04. The number of benzene rings is 9. The fraction of sp³-hybridized carbons (Fsp3) is 0.300. The van der Waals surface area contributed by atoms with Gasteiger partial charge in [0.15, 0.2) is 5.58 Å². The molecule has 0 unspecified atom stereocenters. The van der Waals surface area contributed by atoms with Crippen LogP contribution in [-0.4, -0.2) is 6.85 Å². The van der Waals surface area contributed by atoms with Crippen LogP contribution >= 0.6 is 11.3 Å². The van der Waals surface area contributed by atoms with Gasteiger partial charge in [0, 0.05) is 82.2 Å². The molecule has 5 nitrogen and oxygen atoms in total. The Bertz CT molecular complexity index is 4720. The second-order valence-electron chi connectivity index (χ2n) is 30.9. The average molecular weight is 1160 g/mol. The highest BCUT2D eigenvalue weighted by atomic mass is 32.1. The molecule has 15 rings (SSSR count). The minimum absolute atomic E-state index is 0.00974. The number of thiophene rings is 1. The summed E-state index contributed by atoms with van der Waals surface area (Å²) in [4.78, 5) is 7.68. The summed E-state index contributed by atoms with van der Waals surface area (Å²) in [5.74, 6) is 0. The number of para-hydroxylation sites is 1. The largest absolute Gasteiger partial charge is 0.456 e. The molecule has 0 saturated heterocycles. The molecule has 0 N–H and O–H groups in total. The smallest absolute Gasteiger partial charge is 0.343 e. The van der Waals surface area contributed by atoms with Gasteiger partial charge in [-0.15, -0.1) is 11.3 Å². The molecular formula is C80H80BN3O2S. The Hall–Kier alpha value is -8.00. The van der Waals surface area contributed by atoms with E-state index < -0.39 is 0 Å². The minimum atomic E-state index is -0.229. The number of rotatable bonds is 5. The van der Waals surface area contributed by atoms with Crippen molar-refractivity contribution in [3.05, 3.63) is 203 Å². The van der Waals surface area contributed by atoms with Gasteiger partial charge in [0.1, 0.15) is 16.7 Å². The van der Waals surface area contributed by atoms with E-state index in [9.17, 15) is 0 Å². The molecule has 2 aliphatic heterocycles. The fourth-order valence-electron chi connectivity index (χ4n) is 14.6. The van der Waals surface area contributed by atoms with Crippen LogP contribution < -0.4 is 24.9 Å². The molecule has 436 valence electrons. The highest BCUT2D eigenvalue weighted by molar-refractivity contribution is 7.32. The van der Waals surface area contributed by atoms with Crippen LogP contribution in [0.25, 0.3) is 65.1 Å². The Morgan fingerprint density at radius 2 is 0.931 bits per heavy atom. The fourth-order valence-corrected chi connectivity index (χ4v) is 15.9. The van der Waals surface area contributed by atoms with Crippen LogP contribution in [-0.2, 0) is 32.5 Å². The van der Waals surface area contributed by atoms with E-state index in [4.69, 9.17) is 8.83 Å². The molecule has 0 saturated carbocycles. The van der Waals surface area contributed by atoms with E-state index in [1.165, 1.54) is 65.0 Å². The second-order valence-corrected chi connectivity index (χ2v) is 32.0. The molecule has 9 aromatic carbocycles. The maximum absolute atomic E-state index is 7.38. The summed E-state index contributed by atoms with van der Waals surface area (Å²) in [6.45, 7) is 37.2. The van der Waals surface area contributed by atoms with Crippen molar-refractivity contribution < 1.29 is 8.83 Å². The summed E-state index contributed by atoms with van der Waals surface area (Å²) in [5, 5.41) is 5.66. The lowest BCUT2D eigenvalue weighted by Crippen LogP contribution is -2.60. The number of anilines is 8. The maximum atomic E-state index is 7.38. The highest BCUT2D eigenvalue weighted by Crippen LogP contribution is 2.57. The van der Waals surface area contributed by atoms with Crippen molar-refractivity contribution in [1.29, 1.82) is 0 Å². The third-order valence-electron chi connectivity index (χ3n) is 19.9. The van der Waals surface area contributed by atoms with Crippen LogP contribution in [0.1, 0.15) is 157 Å². The summed E-state index contributed by atoms with van der Waals surface area (Å²) in [6, 6.07) is 65.1. The van der Waals surface area contributed by atoms with Crippen molar-refractivity contribution in [3.8, 4) is 11.1 Å². The number of furan rings is 2. The molecule has 0 spiro atoms. The van der Waals surface area contributed by atoms with Crippen LogP contribution in [0.3, 0.4) is 0 Å². The van der Waals surface area contributed by atoms with E-state index in [0.717, 1.165) is 102 Å². The van der Waals surface area contributed by atoms with Crippen molar-refractivity contribution in [2.75, 3.05) is 14.6 Å². The molecule has 7 heteroatoms. The molecule has 12 aromatic rings. The third kappa shape index (κ3) is 8.74. The molecule has 3 aromatic heterocycles. The first-order valence-corrected chi connectivity index (χ1v) is 32.4. The first-order chi connectivity index (χ1) is 41.1. The maximum Gasteiger partial charge on any atom is 0.343 e. The van der Waals surface area contributed by atoms with E-state index in [0.29, 0.717) is 0 Å². The van der Waals surface area contributed by atoms with Crippen molar-refractivity contribution in [2.45, 2.75) is 156 Å². The van der Waals surface area contributed by atoms with Gasteiger partial charge >= 0.3 is 6.85 Å². The van der Waals surface area contributed by atoms with Crippen LogP contribution in [0, 0.1) is 0 Å². The summed E-state index contributed by atoms with van der Waals surface area (Å²) in [6.07, 6.45) is 2.29. The minimum Gasteiger partial charge on any atom is -0.456 e. The van der Waals surface area contributed by atoms with E-state index in [2.05, 4.69) is 295 Å². The molecular weight excluding hydrogens is 1080 g/mol. The van der Waals surface area contributed by atoms with Gasteiger partial charge in [0.2, 0.25) is 0 Å². The summed E-state index contributed by atoms with van der Waals surface area (Å²) in [5.41, 5.74) is 24.3. The predicted octanol–water partition coefficient (Wildman–Crippen LogP) is 22.4. The van der Waals surface area contributed by atoms with Gasteiger partial charge in [-0.3, -0.25) is 0 Å². The molecule has 0 radical (unpaired) electrons. The Kier molecular flexibility index (Phi) is 12.0. The van der Waals surface area contributed by atoms with Crippen molar-refractivity contribution in [1.82, 2.24) is 0 Å².